The molecule has 0 amide bonds. The van der Waals surface area contributed by atoms with E-state index in [1.165, 1.54) is 12.3 Å². The molecule has 1 aromatic heterocycles. The first kappa shape index (κ1) is 16.8. The van der Waals surface area contributed by atoms with Crippen LogP contribution in [-0.4, -0.2) is 17.3 Å². The second-order valence-corrected chi connectivity index (χ2v) is 5.08. The van der Waals surface area contributed by atoms with Crippen LogP contribution in [0.4, 0.5) is 17.6 Å². The zero-order valence-corrected chi connectivity index (χ0v) is 12.5. The number of rotatable bonds is 3. The van der Waals surface area contributed by atoms with E-state index in [4.69, 9.17) is 5.26 Å². The molecule has 0 saturated carbocycles. The van der Waals surface area contributed by atoms with Crippen LogP contribution in [0.2, 0.25) is 0 Å². The molecule has 1 aromatic carbocycles. The zero-order chi connectivity index (χ0) is 17.2. The van der Waals surface area contributed by atoms with Crippen LogP contribution in [-0.2, 0) is 0 Å². The van der Waals surface area contributed by atoms with Gasteiger partial charge in [0.05, 0.1) is 11.6 Å². The molecule has 0 fully saturated rings. The lowest BCUT2D eigenvalue weighted by molar-refractivity contribution is -0.169. The molecule has 23 heavy (non-hydrogen) atoms. The number of aromatic amines is 1. The van der Waals surface area contributed by atoms with Gasteiger partial charge in [-0.15, -0.1) is 0 Å². The molecule has 0 saturated heterocycles. The molecule has 1 atom stereocenters. The van der Waals surface area contributed by atoms with Crippen molar-refractivity contribution in [3.05, 3.63) is 53.2 Å². The summed E-state index contributed by atoms with van der Waals surface area (Å²) < 4.78 is 51.8. The normalized spacial score (nSPS) is 14.8. The third kappa shape index (κ3) is 3.29. The minimum absolute atomic E-state index is 0.152. The van der Waals surface area contributed by atoms with E-state index < -0.39 is 17.9 Å². The molecule has 0 aliphatic carbocycles. The second kappa shape index (κ2) is 6.29. The number of halogens is 4. The highest BCUT2D eigenvalue weighted by molar-refractivity contribution is 5.96. The van der Waals surface area contributed by atoms with Gasteiger partial charge in [-0.3, -0.25) is 0 Å². The minimum Gasteiger partial charge on any atom is -0.361 e. The van der Waals surface area contributed by atoms with E-state index in [1.54, 1.807) is 31.2 Å². The summed E-state index contributed by atoms with van der Waals surface area (Å²) in [4.78, 5) is 2.93. The summed E-state index contributed by atoms with van der Waals surface area (Å²) in [5.41, 5.74) is 1.21. The number of fused-ring (bicyclic) bond motifs is 1. The van der Waals surface area contributed by atoms with Crippen molar-refractivity contribution in [3.8, 4) is 6.07 Å². The van der Waals surface area contributed by atoms with Gasteiger partial charge in [0.15, 0.2) is 0 Å². The number of nitrogens with zero attached hydrogens (tertiary/aromatic N) is 1. The third-order valence-corrected chi connectivity index (χ3v) is 3.53. The average molecular weight is 322 g/mol. The average Bonchev–Trinajstić information content (AvgIpc) is 2.93. The lowest BCUT2D eigenvalue weighted by Gasteiger charge is -2.16. The van der Waals surface area contributed by atoms with Crippen molar-refractivity contribution >= 4 is 16.5 Å². The predicted octanol–water partition coefficient (Wildman–Crippen LogP) is 5.29. The number of hydrogen-bond donors (Lipinski definition) is 1. The number of nitriles is 1. The molecule has 1 unspecified atom stereocenters. The Morgan fingerprint density at radius 3 is 2.61 bits per heavy atom. The molecule has 2 aromatic rings. The molecule has 6 heteroatoms. The summed E-state index contributed by atoms with van der Waals surface area (Å²) in [6.07, 6.45) is -3.49. The molecule has 0 spiro atoms. The van der Waals surface area contributed by atoms with E-state index in [-0.39, 0.29) is 5.57 Å². The molecular formula is C17H14F4N2. The Bertz CT molecular complexity index is 819. The van der Waals surface area contributed by atoms with Crippen LogP contribution in [0.3, 0.4) is 0 Å². The van der Waals surface area contributed by atoms with Crippen LogP contribution in [0, 0.1) is 11.3 Å². The summed E-state index contributed by atoms with van der Waals surface area (Å²) in [7, 11) is 0. The van der Waals surface area contributed by atoms with Gasteiger partial charge in [-0.05, 0) is 43.2 Å². The molecule has 0 aliphatic rings. The number of nitrogens with one attached hydrogen (secondary N) is 1. The summed E-state index contributed by atoms with van der Waals surface area (Å²) in [5.74, 6) is 0. The highest BCUT2D eigenvalue weighted by Crippen LogP contribution is 2.35. The van der Waals surface area contributed by atoms with Crippen molar-refractivity contribution in [2.45, 2.75) is 26.2 Å². The van der Waals surface area contributed by atoms with Crippen molar-refractivity contribution < 1.29 is 17.6 Å². The Balaban J connectivity index is 2.70. The SMILES string of the molecule is C/C=C\C(=C(/C)C(F)C(F)(F)F)c1c[nH]c2ccc(C#N)cc12. The van der Waals surface area contributed by atoms with Crippen molar-refractivity contribution in [2.24, 2.45) is 0 Å². The third-order valence-electron chi connectivity index (χ3n) is 3.53. The number of aromatic nitrogens is 1. The van der Waals surface area contributed by atoms with Crippen LogP contribution >= 0.6 is 0 Å². The summed E-state index contributed by atoms with van der Waals surface area (Å²) in [6, 6.07) is 6.81. The molecule has 2 nitrogen and oxygen atoms in total. The van der Waals surface area contributed by atoms with Gasteiger partial charge in [0.1, 0.15) is 0 Å². The first-order chi connectivity index (χ1) is 10.8. The Labute approximate surface area is 130 Å². The van der Waals surface area contributed by atoms with E-state index in [0.29, 0.717) is 22.0 Å². The Kier molecular flexibility index (Phi) is 4.60. The van der Waals surface area contributed by atoms with E-state index >= 15 is 0 Å². The Morgan fingerprint density at radius 1 is 1.35 bits per heavy atom. The maximum absolute atomic E-state index is 13.7. The fraction of sp³-hybridized carbons (Fsp3) is 0.235. The number of hydrogen-bond acceptors (Lipinski definition) is 1. The van der Waals surface area contributed by atoms with Crippen LogP contribution in [0.25, 0.3) is 16.5 Å². The van der Waals surface area contributed by atoms with Crippen molar-refractivity contribution in [2.75, 3.05) is 0 Å². The van der Waals surface area contributed by atoms with E-state index in [0.717, 1.165) is 6.92 Å². The highest BCUT2D eigenvalue weighted by Gasteiger charge is 2.42. The predicted molar refractivity (Wildman–Crippen MR) is 81.4 cm³/mol. The number of allylic oxidation sites excluding steroid dienone is 4. The summed E-state index contributed by atoms with van der Waals surface area (Å²) >= 11 is 0. The largest absolute Gasteiger partial charge is 0.423 e. The van der Waals surface area contributed by atoms with E-state index in [1.807, 2.05) is 6.07 Å². The Morgan fingerprint density at radius 2 is 2.04 bits per heavy atom. The smallest absolute Gasteiger partial charge is 0.361 e. The lowest BCUT2D eigenvalue weighted by atomic mass is 9.96. The van der Waals surface area contributed by atoms with Crippen LogP contribution in [0.1, 0.15) is 25.0 Å². The molecular weight excluding hydrogens is 308 g/mol. The van der Waals surface area contributed by atoms with E-state index in [9.17, 15) is 17.6 Å². The molecule has 120 valence electrons. The first-order valence-electron chi connectivity index (χ1n) is 6.85. The number of alkyl halides is 4. The number of H-pyrrole nitrogens is 1. The zero-order valence-electron chi connectivity index (χ0n) is 12.5. The van der Waals surface area contributed by atoms with Gasteiger partial charge in [-0.25, -0.2) is 4.39 Å². The van der Waals surface area contributed by atoms with Crippen LogP contribution < -0.4 is 0 Å². The van der Waals surface area contributed by atoms with Gasteiger partial charge in [-0.2, -0.15) is 18.4 Å². The minimum atomic E-state index is -4.96. The lowest BCUT2D eigenvalue weighted by Crippen LogP contribution is -2.26. The molecule has 1 heterocycles. The van der Waals surface area contributed by atoms with Crippen LogP contribution in [0.15, 0.2) is 42.1 Å². The van der Waals surface area contributed by atoms with Crippen molar-refractivity contribution in [3.63, 3.8) is 0 Å². The maximum atomic E-state index is 13.7. The molecule has 0 aliphatic heterocycles. The monoisotopic (exact) mass is 322 g/mol. The fourth-order valence-corrected chi connectivity index (χ4v) is 2.40. The molecule has 0 radical (unpaired) electrons. The van der Waals surface area contributed by atoms with Gasteiger partial charge in [-0.1, -0.05) is 12.2 Å². The topological polar surface area (TPSA) is 39.6 Å². The van der Waals surface area contributed by atoms with Gasteiger partial charge in [0.25, 0.3) is 0 Å². The maximum Gasteiger partial charge on any atom is 0.423 e. The standard InChI is InChI=1S/C17H14F4N2/c1-3-4-12(10(2)16(18)17(19,20)21)14-9-23-15-6-5-11(8-22)7-13(14)15/h3-7,9,16,23H,1-2H3/b4-3-,12-10-. The second-order valence-electron chi connectivity index (χ2n) is 5.08. The van der Waals surface area contributed by atoms with Crippen LogP contribution in [0.5, 0.6) is 0 Å². The first-order valence-corrected chi connectivity index (χ1v) is 6.85. The summed E-state index contributed by atoms with van der Waals surface area (Å²) in [5, 5.41) is 9.55. The molecule has 2 rings (SSSR count). The van der Waals surface area contributed by atoms with Crippen molar-refractivity contribution in [1.82, 2.24) is 4.98 Å². The highest BCUT2D eigenvalue weighted by atomic mass is 19.4. The molecule has 0 bridgehead atoms. The van der Waals surface area contributed by atoms with E-state index in [2.05, 4.69) is 4.98 Å². The van der Waals surface area contributed by atoms with Gasteiger partial charge >= 0.3 is 6.18 Å². The van der Waals surface area contributed by atoms with Gasteiger partial charge < -0.3 is 4.98 Å². The number of benzene rings is 1. The Hall–Kier alpha value is -2.55. The molecule has 1 N–H and O–H groups in total. The van der Waals surface area contributed by atoms with Gasteiger partial charge in [0.2, 0.25) is 6.17 Å². The van der Waals surface area contributed by atoms with Crippen molar-refractivity contribution in [1.29, 1.82) is 5.26 Å². The fourth-order valence-electron chi connectivity index (χ4n) is 2.40. The summed E-state index contributed by atoms with van der Waals surface area (Å²) in [6.45, 7) is 2.77. The quantitative estimate of drug-likeness (QED) is 0.605. The van der Waals surface area contributed by atoms with Gasteiger partial charge in [0, 0.05) is 22.7 Å².